The maximum Gasteiger partial charge on any atom is 0.392 e. The van der Waals surface area contributed by atoms with Gasteiger partial charge in [0.1, 0.15) is 6.10 Å². The highest BCUT2D eigenvalue weighted by Gasteiger charge is 2.24. The monoisotopic (exact) mass is 370 g/mol. The second-order valence-corrected chi connectivity index (χ2v) is 6.04. The molecule has 0 radical (unpaired) electrons. The number of ether oxygens (including phenoxy) is 1. The van der Waals surface area contributed by atoms with Crippen LogP contribution in [0.1, 0.15) is 51.9 Å². The smallest absolute Gasteiger partial charge is 0.392 e. The minimum atomic E-state index is -4.25. The SMILES string of the molecule is C/C=C\CCCC(=O)OC(C/C=C\CC(F)(F)F)C/C=C1\CC=CC1=O. The van der Waals surface area contributed by atoms with Gasteiger partial charge in [0.25, 0.3) is 0 Å². The normalized spacial score (nSPS) is 17.7. The molecule has 0 spiro atoms. The number of carbonyl (C=O) groups excluding carboxylic acids is 2. The van der Waals surface area contributed by atoms with Gasteiger partial charge in [0.2, 0.25) is 0 Å². The standard InChI is InChI=1S/C20H25F3O3/c1-2-3-4-5-12-19(25)26-17(10-6-7-15-20(21,22)23)14-13-16-9-8-11-18(16)24/h2-3,6-8,11,13,17H,4-5,9-10,12,14-15H2,1H3/b3-2-,7-6-,16-13+. The Hall–Kier alpha value is -2.11. The Labute approximate surface area is 152 Å². The first-order chi connectivity index (χ1) is 12.3. The molecule has 0 aliphatic heterocycles. The molecule has 0 aromatic heterocycles. The number of allylic oxidation sites excluding steroid dienone is 6. The summed E-state index contributed by atoms with van der Waals surface area (Å²) in [5.74, 6) is -0.452. The van der Waals surface area contributed by atoms with Gasteiger partial charge in [-0.2, -0.15) is 13.2 Å². The first kappa shape index (κ1) is 21.9. The van der Waals surface area contributed by atoms with Crippen molar-refractivity contribution in [2.75, 3.05) is 0 Å². The first-order valence-corrected chi connectivity index (χ1v) is 8.74. The number of hydrogen-bond acceptors (Lipinski definition) is 3. The molecule has 0 bridgehead atoms. The van der Waals surface area contributed by atoms with E-state index in [0.717, 1.165) is 12.5 Å². The zero-order chi connectivity index (χ0) is 19.4. The Morgan fingerprint density at radius 2 is 2.04 bits per heavy atom. The van der Waals surface area contributed by atoms with Crippen molar-refractivity contribution in [1.82, 2.24) is 0 Å². The van der Waals surface area contributed by atoms with Crippen LogP contribution in [0.2, 0.25) is 0 Å². The van der Waals surface area contributed by atoms with Crippen LogP contribution in [0.3, 0.4) is 0 Å². The van der Waals surface area contributed by atoms with Crippen LogP contribution in [0.4, 0.5) is 13.2 Å². The molecule has 0 saturated carbocycles. The van der Waals surface area contributed by atoms with Crippen molar-refractivity contribution >= 4 is 11.8 Å². The fourth-order valence-electron chi connectivity index (χ4n) is 2.39. The molecule has 0 saturated heterocycles. The van der Waals surface area contributed by atoms with Gasteiger partial charge in [-0.1, -0.05) is 36.5 Å². The van der Waals surface area contributed by atoms with E-state index in [1.165, 1.54) is 12.2 Å². The van der Waals surface area contributed by atoms with Crippen LogP contribution < -0.4 is 0 Å². The van der Waals surface area contributed by atoms with E-state index in [4.69, 9.17) is 4.74 Å². The molecule has 1 unspecified atom stereocenters. The molecule has 0 aromatic rings. The van der Waals surface area contributed by atoms with Crippen molar-refractivity contribution in [3.8, 4) is 0 Å². The molecular weight excluding hydrogens is 345 g/mol. The summed E-state index contributed by atoms with van der Waals surface area (Å²) in [6, 6.07) is 0. The van der Waals surface area contributed by atoms with Gasteiger partial charge in [-0.15, -0.1) is 0 Å². The van der Waals surface area contributed by atoms with Crippen molar-refractivity contribution in [2.45, 2.75) is 64.1 Å². The lowest BCUT2D eigenvalue weighted by atomic mass is 10.1. The molecule has 1 atom stereocenters. The van der Waals surface area contributed by atoms with E-state index in [9.17, 15) is 22.8 Å². The zero-order valence-electron chi connectivity index (χ0n) is 14.9. The maximum atomic E-state index is 12.2. The van der Waals surface area contributed by atoms with E-state index in [1.807, 2.05) is 19.1 Å². The third-order valence-corrected chi connectivity index (χ3v) is 3.75. The molecule has 6 heteroatoms. The Morgan fingerprint density at radius 1 is 1.27 bits per heavy atom. The summed E-state index contributed by atoms with van der Waals surface area (Å²) in [5.41, 5.74) is 0.624. The van der Waals surface area contributed by atoms with Gasteiger partial charge in [-0.05, 0) is 37.8 Å². The average Bonchev–Trinajstić information content (AvgIpc) is 2.97. The molecule has 0 amide bonds. The molecule has 0 fully saturated rings. The topological polar surface area (TPSA) is 43.4 Å². The Bertz CT molecular complexity index is 584. The van der Waals surface area contributed by atoms with E-state index in [2.05, 4.69) is 0 Å². The Morgan fingerprint density at radius 3 is 2.65 bits per heavy atom. The van der Waals surface area contributed by atoms with Gasteiger partial charge < -0.3 is 4.74 Å². The van der Waals surface area contributed by atoms with Crippen molar-refractivity contribution in [1.29, 1.82) is 0 Å². The highest BCUT2D eigenvalue weighted by Crippen LogP contribution is 2.21. The largest absolute Gasteiger partial charge is 0.462 e. The van der Waals surface area contributed by atoms with Crippen molar-refractivity contribution in [3.05, 3.63) is 48.1 Å². The summed E-state index contributed by atoms with van der Waals surface area (Å²) in [6.07, 6.45) is 8.06. The van der Waals surface area contributed by atoms with Gasteiger partial charge in [0.05, 0.1) is 6.42 Å². The van der Waals surface area contributed by atoms with Gasteiger partial charge in [0, 0.05) is 19.3 Å². The van der Waals surface area contributed by atoms with Crippen LogP contribution in [-0.4, -0.2) is 24.0 Å². The first-order valence-electron chi connectivity index (χ1n) is 8.74. The molecule has 26 heavy (non-hydrogen) atoms. The zero-order valence-corrected chi connectivity index (χ0v) is 14.9. The summed E-state index contributed by atoms with van der Waals surface area (Å²) in [6.45, 7) is 1.90. The Kier molecular flexibility index (Phi) is 9.70. The lowest BCUT2D eigenvalue weighted by Crippen LogP contribution is -2.17. The number of esters is 1. The molecule has 0 heterocycles. The molecule has 1 aliphatic carbocycles. The predicted octanol–water partition coefficient (Wildman–Crippen LogP) is 5.39. The molecule has 1 rings (SSSR count). The number of halogens is 3. The van der Waals surface area contributed by atoms with Crippen LogP contribution in [0.25, 0.3) is 0 Å². The van der Waals surface area contributed by atoms with E-state index in [-0.39, 0.29) is 24.6 Å². The fourth-order valence-corrected chi connectivity index (χ4v) is 2.39. The summed E-state index contributed by atoms with van der Waals surface area (Å²) in [4.78, 5) is 23.5. The number of ketones is 1. The van der Waals surface area contributed by atoms with Gasteiger partial charge in [0.15, 0.2) is 5.78 Å². The molecule has 1 aliphatic rings. The number of rotatable bonds is 10. The maximum absolute atomic E-state index is 12.2. The van der Waals surface area contributed by atoms with Crippen molar-refractivity contribution < 1.29 is 27.5 Å². The van der Waals surface area contributed by atoms with Crippen LogP contribution >= 0.6 is 0 Å². The second kappa shape index (κ2) is 11.5. The highest BCUT2D eigenvalue weighted by atomic mass is 19.4. The summed E-state index contributed by atoms with van der Waals surface area (Å²) < 4.78 is 42.0. The highest BCUT2D eigenvalue weighted by molar-refractivity contribution is 6.06. The molecule has 0 aromatic carbocycles. The van der Waals surface area contributed by atoms with Crippen LogP contribution in [-0.2, 0) is 14.3 Å². The number of unbranched alkanes of at least 4 members (excludes halogenated alkanes) is 1. The summed E-state index contributed by atoms with van der Waals surface area (Å²) in [7, 11) is 0. The summed E-state index contributed by atoms with van der Waals surface area (Å²) >= 11 is 0. The van der Waals surface area contributed by atoms with Gasteiger partial charge in [-0.3, -0.25) is 9.59 Å². The van der Waals surface area contributed by atoms with E-state index in [1.54, 1.807) is 12.2 Å². The third-order valence-electron chi connectivity index (χ3n) is 3.75. The van der Waals surface area contributed by atoms with Crippen LogP contribution in [0.5, 0.6) is 0 Å². The van der Waals surface area contributed by atoms with Gasteiger partial charge >= 0.3 is 12.1 Å². The lowest BCUT2D eigenvalue weighted by molar-refractivity contribution is -0.149. The average molecular weight is 370 g/mol. The quantitative estimate of drug-likeness (QED) is 0.224. The van der Waals surface area contributed by atoms with Crippen molar-refractivity contribution in [3.63, 3.8) is 0 Å². The molecule has 0 N–H and O–H groups in total. The van der Waals surface area contributed by atoms with E-state index >= 15 is 0 Å². The molecule has 3 nitrogen and oxygen atoms in total. The number of carbonyl (C=O) groups is 2. The minimum Gasteiger partial charge on any atom is -0.462 e. The van der Waals surface area contributed by atoms with Crippen LogP contribution in [0.15, 0.2) is 48.1 Å². The molecular formula is C20H25F3O3. The molecule has 144 valence electrons. The minimum absolute atomic E-state index is 0.0750. The number of alkyl halides is 3. The summed E-state index contributed by atoms with van der Waals surface area (Å²) in [5, 5.41) is 0. The third kappa shape index (κ3) is 10.0. The van der Waals surface area contributed by atoms with Gasteiger partial charge in [-0.25, -0.2) is 0 Å². The van der Waals surface area contributed by atoms with Crippen LogP contribution in [0, 0.1) is 0 Å². The Balaban J connectivity index is 2.56. The number of hydrogen-bond donors (Lipinski definition) is 0. The predicted molar refractivity (Wildman–Crippen MR) is 94.4 cm³/mol. The van der Waals surface area contributed by atoms with E-state index < -0.39 is 18.7 Å². The lowest BCUT2D eigenvalue weighted by Gasteiger charge is -2.15. The fraction of sp³-hybridized carbons (Fsp3) is 0.500. The van der Waals surface area contributed by atoms with E-state index in [0.29, 0.717) is 24.8 Å². The second-order valence-electron chi connectivity index (χ2n) is 6.04. The van der Waals surface area contributed by atoms with Crippen molar-refractivity contribution in [2.24, 2.45) is 0 Å².